The van der Waals surface area contributed by atoms with Crippen molar-refractivity contribution in [3.63, 3.8) is 0 Å². The third-order valence-electron chi connectivity index (χ3n) is 12.3. The zero-order chi connectivity index (χ0) is 52.5. The van der Waals surface area contributed by atoms with Gasteiger partial charge < -0.3 is 33.4 Å². The van der Waals surface area contributed by atoms with Crippen LogP contribution < -0.4 is 4.90 Å². The molecular weight excluding hydrogens is 1010 g/mol. The van der Waals surface area contributed by atoms with Crippen molar-refractivity contribution in [2.45, 2.75) is 92.8 Å². The molecule has 4 N–H and O–H groups in total. The number of hydrogen-bond acceptors (Lipinski definition) is 15. The molecule has 71 heavy (non-hydrogen) atoms. The molecule has 0 radical (unpaired) electrons. The van der Waals surface area contributed by atoms with Crippen molar-refractivity contribution in [1.29, 1.82) is 0 Å². The van der Waals surface area contributed by atoms with Crippen molar-refractivity contribution >= 4 is 63.3 Å². The number of nitrogens with zero attached hydrogens (tertiary/aromatic N) is 2. The molecule has 0 saturated carbocycles. The van der Waals surface area contributed by atoms with Crippen LogP contribution in [0.15, 0.2) is 82.3 Å². The number of carbonyl (C=O) groups is 1. The van der Waals surface area contributed by atoms with Crippen LogP contribution in [0.5, 0.6) is 0 Å². The molecule has 0 aromatic heterocycles. The summed E-state index contributed by atoms with van der Waals surface area (Å²) in [5.74, 6) is -1.06. The molecule has 2 heterocycles. The van der Waals surface area contributed by atoms with Crippen LogP contribution in [0.3, 0.4) is 0 Å². The second-order valence-electron chi connectivity index (χ2n) is 17.7. The Morgan fingerprint density at radius 1 is 0.634 bits per heavy atom. The summed E-state index contributed by atoms with van der Waals surface area (Å²) in [4.78, 5) is 12.8. The minimum absolute atomic E-state index is 0.000668. The average molecular weight is 1080 g/mol. The van der Waals surface area contributed by atoms with E-state index in [1.54, 1.807) is 56.5 Å². The van der Waals surface area contributed by atoms with Gasteiger partial charge in [-0.2, -0.15) is 38.2 Å². The number of benzene rings is 2. The lowest BCUT2D eigenvalue weighted by molar-refractivity contribution is -0.438. The predicted octanol–water partition coefficient (Wildman–Crippen LogP) is 5.51. The fourth-order valence-corrected chi connectivity index (χ4v) is 10.9. The monoisotopic (exact) mass is 1080 g/mol. The van der Waals surface area contributed by atoms with Crippen LogP contribution in [-0.2, 0) is 79.8 Å². The van der Waals surface area contributed by atoms with Crippen molar-refractivity contribution in [3.8, 4) is 0 Å². The van der Waals surface area contributed by atoms with Gasteiger partial charge >= 0.3 is 0 Å². The number of unbranched alkanes of at least 4 members (excludes halogenated alkanes) is 2. The van der Waals surface area contributed by atoms with E-state index in [0.29, 0.717) is 106 Å². The zero-order valence-electron chi connectivity index (χ0n) is 40.7. The van der Waals surface area contributed by atoms with E-state index in [1.807, 2.05) is 16.4 Å². The summed E-state index contributed by atoms with van der Waals surface area (Å²) in [5, 5.41) is 0. The van der Waals surface area contributed by atoms with Crippen molar-refractivity contribution in [3.05, 3.63) is 83.6 Å². The van der Waals surface area contributed by atoms with Gasteiger partial charge in [0, 0.05) is 61.0 Å². The molecule has 2 aliphatic rings. The van der Waals surface area contributed by atoms with E-state index in [-0.39, 0.29) is 67.6 Å². The number of allylic oxidation sites excluding steroid dienone is 6. The SMILES string of the molecule is COCCOCCOCCOCCOCCN1C(=CC=CC=CC2=[N+](CCCCCC(C)=O)c3ccc(S(=O)(=O)O)cc3C2(C)CCCS(=O)(=O)O)C(C)(CCCS(=O)(=O)O)c2cc(S(=O)(=O)O)ccc21. The first-order chi connectivity index (χ1) is 33.3. The van der Waals surface area contributed by atoms with E-state index in [4.69, 9.17) is 23.7 Å². The number of fused-ring (bicyclic) bond motifs is 2. The van der Waals surface area contributed by atoms with Crippen LogP contribution in [0.1, 0.15) is 83.3 Å². The number of Topliss-reactive ketones (excluding diaryl/α,β-unsaturated/α-hetero) is 1. The molecule has 0 bridgehead atoms. The summed E-state index contributed by atoms with van der Waals surface area (Å²) in [6, 6.07) is 8.39. The van der Waals surface area contributed by atoms with Gasteiger partial charge in [0.15, 0.2) is 5.71 Å². The lowest BCUT2D eigenvalue weighted by Gasteiger charge is -2.30. The van der Waals surface area contributed by atoms with Gasteiger partial charge in [-0.1, -0.05) is 18.2 Å². The summed E-state index contributed by atoms with van der Waals surface area (Å²) >= 11 is 0. The fourth-order valence-electron chi connectivity index (χ4n) is 8.85. The van der Waals surface area contributed by atoms with Crippen molar-refractivity contribution in [1.82, 2.24) is 0 Å². The average Bonchev–Trinajstić information content (AvgIpc) is 3.64. The van der Waals surface area contributed by atoms with E-state index in [2.05, 4.69) is 0 Å². The molecule has 2 aromatic carbocycles. The first kappa shape index (κ1) is 59.8. The molecule has 2 aromatic rings. The molecule has 398 valence electrons. The van der Waals surface area contributed by atoms with E-state index >= 15 is 0 Å². The number of hydrogen-bond donors (Lipinski definition) is 4. The molecule has 24 heteroatoms. The molecule has 20 nitrogen and oxygen atoms in total. The Bertz CT molecular complexity index is 2720. The smallest absolute Gasteiger partial charge is 0.294 e. The Balaban J connectivity index is 1.69. The molecule has 0 spiro atoms. The quantitative estimate of drug-likeness (QED) is 0.0291. The minimum atomic E-state index is -4.66. The normalized spacial score (nSPS) is 19.2. The van der Waals surface area contributed by atoms with Gasteiger partial charge in [0.2, 0.25) is 5.69 Å². The van der Waals surface area contributed by atoms with E-state index < -0.39 is 62.8 Å². The molecule has 4 rings (SSSR count). The lowest BCUT2D eigenvalue weighted by atomic mass is 9.76. The highest BCUT2D eigenvalue weighted by Gasteiger charge is 2.48. The highest BCUT2D eigenvalue weighted by Crippen LogP contribution is 2.51. The van der Waals surface area contributed by atoms with Crippen molar-refractivity contribution in [2.24, 2.45) is 0 Å². The Hall–Kier alpha value is -3.76. The number of methoxy groups -OCH3 is 1. The molecule has 0 fully saturated rings. The van der Waals surface area contributed by atoms with E-state index in [0.717, 1.165) is 0 Å². The highest BCUT2D eigenvalue weighted by molar-refractivity contribution is 7.86. The number of anilines is 1. The Morgan fingerprint density at radius 3 is 1.69 bits per heavy atom. The van der Waals surface area contributed by atoms with E-state index in [9.17, 15) is 56.7 Å². The number of ether oxygens (including phenoxy) is 5. The van der Waals surface area contributed by atoms with Crippen LogP contribution in [0.2, 0.25) is 0 Å². The standard InChI is InChI=1S/C47H68N2O18S4/c1-37(50)13-7-6-10-22-48-42-18-16-38(70(57,58)59)35-40(42)46(2,20-11-33-68(51,52)53)44(48)14-8-5-9-15-45-47(3,21-12-34-69(54,55)56)41-36-39(71(60,61)62)17-19-43(41)49(45)23-24-64-27-28-66-31-32-67-30-29-65-26-25-63-4/h5,8-9,14-19,35-36H,6-7,10-13,20-34H2,1-4H3,(H3-,51,52,53,54,55,56,57,58,59,60,61,62)/p+1. The van der Waals surface area contributed by atoms with Gasteiger partial charge in [0.1, 0.15) is 12.3 Å². The van der Waals surface area contributed by atoms with Gasteiger partial charge in [0.05, 0.1) is 86.2 Å². The summed E-state index contributed by atoms with van der Waals surface area (Å²) in [6.45, 7) is 9.03. The van der Waals surface area contributed by atoms with Crippen molar-refractivity contribution in [2.75, 3.05) is 96.1 Å². The molecule has 0 saturated heterocycles. The Morgan fingerprint density at radius 2 is 1.15 bits per heavy atom. The third kappa shape index (κ3) is 18.3. The molecule has 2 unspecified atom stereocenters. The van der Waals surface area contributed by atoms with Crippen LogP contribution in [0, 0.1) is 0 Å². The molecule has 0 aliphatic carbocycles. The van der Waals surface area contributed by atoms with Gasteiger partial charge in [-0.05, 0) is 101 Å². The highest BCUT2D eigenvalue weighted by atomic mass is 32.2. The second kappa shape index (κ2) is 27.0. The third-order valence-corrected chi connectivity index (χ3v) is 15.6. The molecule has 0 amide bonds. The predicted molar refractivity (Wildman–Crippen MR) is 266 cm³/mol. The molecule has 2 atom stereocenters. The largest absolute Gasteiger partial charge is 0.382 e. The van der Waals surface area contributed by atoms with Crippen LogP contribution >= 0.6 is 0 Å². The maximum Gasteiger partial charge on any atom is 0.294 e. The number of rotatable bonds is 34. The Kier molecular flexibility index (Phi) is 22.7. The minimum Gasteiger partial charge on any atom is -0.382 e. The van der Waals surface area contributed by atoms with Gasteiger partial charge in [-0.3, -0.25) is 18.2 Å². The summed E-state index contributed by atoms with van der Waals surface area (Å²) < 4.78 is 166. The maximum atomic E-state index is 12.4. The maximum absolute atomic E-state index is 12.4. The molecule has 2 aliphatic heterocycles. The van der Waals surface area contributed by atoms with Crippen LogP contribution in [0.4, 0.5) is 11.4 Å². The lowest BCUT2D eigenvalue weighted by Crippen LogP contribution is -2.32. The fraction of sp³-hybridized carbons (Fsp3) is 0.574. The Labute approximate surface area is 418 Å². The van der Waals surface area contributed by atoms with Crippen LogP contribution in [0.25, 0.3) is 0 Å². The second-order valence-corrected chi connectivity index (χ2v) is 23.7. The van der Waals surface area contributed by atoms with E-state index in [1.165, 1.54) is 31.2 Å². The summed E-state index contributed by atoms with van der Waals surface area (Å²) in [7, 11) is -16.4. The first-order valence-corrected chi connectivity index (χ1v) is 29.3. The van der Waals surface area contributed by atoms with Gasteiger partial charge in [0.25, 0.3) is 40.5 Å². The van der Waals surface area contributed by atoms with Crippen LogP contribution in [-0.4, -0.2) is 159 Å². The number of ketones is 1. The van der Waals surface area contributed by atoms with Crippen molar-refractivity contribution < 1.29 is 84.9 Å². The summed E-state index contributed by atoms with van der Waals surface area (Å²) in [5.41, 5.74) is 1.39. The zero-order valence-corrected chi connectivity index (χ0v) is 44.0. The van der Waals surface area contributed by atoms with Gasteiger partial charge in [-0.15, -0.1) is 0 Å². The molecular formula is C47H69N2O18S4+. The summed E-state index contributed by atoms with van der Waals surface area (Å²) in [6.07, 6.45) is 11.4. The van der Waals surface area contributed by atoms with Gasteiger partial charge in [-0.25, -0.2) is 0 Å². The first-order valence-electron chi connectivity index (χ1n) is 23.2. The topological polar surface area (TPSA) is 287 Å². The number of carbonyl (C=O) groups excluding carboxylic acids is 1.